The number of hydrogen-bond donors (Lipinski definition) is 1. The van der Waals surface area contributed by atoms with Gasteiger partial charge in [0.2, 0.25) is 11.8 Å². The van der Waals surface area contributed by atoms with Gasteiger partial charge in [0.1, 0.15) is 0 Å². The number of nitrogens with one attached hydrogen (secondary N) is 1. The predicted molar refractivity (Wildman–Crippen MR) is 111 cm³/mol. The van der Waals surface area contributed by atoms with Crippen LogP contribution in [0.1, 0.15) is 35.2 Å². The molecule has 2 aliphatic rings. The van der Waals surface area contributed by atoms with Crippen molar-refractivity contribution in [2.75, 3.05) is 45.8 Å². The van der Waals surface area contributed by atoms with Gasteiger partial charge < -0.3 is 15.1 Å². The lowest BCUT2D eigenvalue weighted by Crippen LogP contribution is -2.41. The van der Waals surface area contributed by atoms with Gasteiger partial charge in [-0.3, -0.25) is 19.3 Å². The summed E-state index contributed by atoms with van der Waals surface area (Å²) >= 11 is 0. The van der Waals surface area contributed by atoms with E-state index in [1.165, 1.54) is 6.08 Å². The average Bonchev–Trinajstić information content (AvgIpc) is 3.19. The summed E-state index contributed by atoms with van der Waals surface area (Å²) in [5, 5.41) is 2.72. The summed E-state index contributed by atoms with van der Waals surface area (Å²) in [6.07, 6.45) is 4.31. The Labute approximate surface area is 172 Å². The maximum Gasteiger partial charge on any atom is 0.253 e. The van der Waals surface area contributed by atoms with Gasteiger partial charge in [0.05, 0.1) is 6.54 Å². The Bertz CT molecular complexity index is 741. The van der Waals surface area contributed by atoms with Crippen LogP contribution < -0.4 is 5.32 Å². The van der Waals surface area contributed by atoms with Crippen LogP contribution in [0, 0.1) is 0 Å². The summed E-state index contributed by atoms with van der Waals surface area (Å²) in [5.74, 6) is 0.00305. The fraction of sp³-hybridized carbons (Fsp3) is 0.500. The van der Waals surface area contributed by atoms with Crippen LogP contribution in [-0.2, 0) is 16.1 Å². The molecule has 0 spiro atoms. The van der Waals surface area contributed by atoms with Gasteiger partial charge in [0, 0.05) is 51.4 Å². The highest BCUT2D eigenvalue weighted by Crippen LogP contribution is 2.12. The monoisotopic (exact) mass is 398 g/mol. The molecule has 0 atom stereocenters. The van der Waals surface area contributed by atoms with Crippen LogP contribution in [0.4, 0.5) is 0 Å². The van der Waals surface area contributed by atoms with Gasteiger partial charge in [0.15, 0.2) is 0 Å². The Balaban J connectivity index is 1.50. The van der Waals surface area contributed by atoms with Crippen LogP contribution >= 0.6 is 0 Å². The van der Waals surface area contributed by atoms with E-state index in [9.17, 15) is 14.4 Å². The number of rotatable bonds is 6. The third-order valence-electron chi connectivity index (χ3n) is 5.55. The summed E-state index contributed by atoms with van der Waals surface area (Å²) in [7, 11) is 0. The highest BCUT2D eigenvalue weighted by molar-refractivity contribution is 5.94. The second kappa shape index (κ2) is 10.2. The first-order chi connectivity index (χ1) is 14.1. The maximum absolute atomic E-state index is 12.9. The number of likely N-dealkylation sites (tertiary alicyclic amines) is 1. The van der Waals surface area contributed by atoms with Crippen LogP contribution in [0.15, 0.2) is 36.9 Å². The normalized spacial score (nSPS) is 17.7. The molecule has 156 valence electrons. The molecule has 2 aliphatic heterocycles. The smallest absolute Gasteiger partial charge is 0.253 e. The molecule has 29 heavy (non-hydrogen) atoms. The van der Waals surface area contributed by atoms with E-state index in [1.807, 2.05) is 21.9 Å². The van der Waals surface area contributed by atoms with Crippen molar-refractivity contribution in [3.63, 3.8) is 0 Å². The minimum atomic E-state index is -0.220. The van der Waals surface area contributed by atoms with E-state index < -0.39 is 0 Å². The van der Waals surface area contributed by atoms with Gasteiger partial charge in [-0.05, 0) is 43.0 Å². The molecule has 2 heterocycles. The van der Waals surface area contributed by atoms with Crippen molar-refractivity contribution in [1.82, 2.24) is 20.0 Å². The van der Waals surface area contributed by atoms with Crippen LogP contribution in [0.5, 0.6) is 0 Å². The number of amides is 3. The number of hydrogen-bond acceptors (Lipinski definition) is 4. The minimum Gasteiger partial charge on any atom is -0.348 e. The first-order valence-corrected chi connectivity index (χ1v) is 10.4. The van der Waals surface area contributed by atoms with Crippen molar-refractivity contribution >= 4 is 17.7 Å². The predicted octanol–water partition coefficient (Wildman–Crippen LogP) is 1.26. The molecule has 1 N–H and O–H groups in total. The summed E-state index contributed by atoms with van der Waals surface area (Å²) in [4.78, 5) is 42.5. The Hall–Kier alpha value is -2.67. The van der Waals surface area contributed by atoms with Crippen molar-refractivity contribution < 1.29 is 14.4 Å². The first-order valence-electron chi connectivity index (χ1n) is 10.4. The molecule has 0 saturated carbocycles. The highest BCUT2D eigenvalue weighted by atomic mass is 16.2. The van der Waals surface area contributed by atoms with Gasteiger partial charge in [-0.1, -0.05) is 18.7 Å². The quantitative estimate of drug-likeness (QED) is 0.733. The van der Waals surface area contributed by atoms with E-state index in [0.717, 1.165) is 51.0 Å². The molecule has 7 heteroatoms. The van der Waals surface area contributed by atoms with Gasteiger partial charge >= 0.3 is 0 Å². The van der Waals surface area contributed by atoms with Crippen molar-refractivity contribution in [2.24, 2.45) is 0 Å². The van der Waals surface area contributed by atoms with Gasteiger partial charge in [-0.2, -0.15) is 0 Å². The Kier molecular flexibility index (Phi) is 7.41. The SMILES string of the molecule is C=CC(=O)NCc1ccc(C(=O)N2CCCN(CC(=O)N3CCCC3)CC2)cc1. The van der Waals surface area contributed by atoms with E-state index in [0.29, 0.717) is 31.7 Å². The van der Waals surface area contributed by atoms with E-state index in [1.54, 1.807) is 12.1 Å². The Morgan fingerprint density at radius 2 is 1.59 bits per heavy atom. The van der Waals surface area contributed by atoms with Crippen LogP contribution in [0.25, 0.3) is 0 Å². The van der Waals surface area contributed by atoms with Crippen molar-refractivity contribution in [3.05, 3.63) is 48.0 Å². The molecular formula is C22H30N4O3. The van der Waals surface area contributed by atoms with Crippen molar-refractivity contribution in [1.29, 1.82) is 0 Å². The molecule has 3 amide bonds. The van der Waals surface area contributed by atoms with E-state index >= 15 is 0 Å². The number of nitrogens with zero attached hydrogens (tertiary/aromatic N) is 3. The lowest BCUT2D eigenvalue weighted by atomic mass is 10.1. The standard InChI is InChI=1S/C22H30N4O3/c1-2-20(27)23-16-18-6-8-19(9-7-18)22(29)26-13-5-10-24(14-15-26)17-21(28)25-11-3-4-12-25/h2,6-9H,1,3-5,10-17H2,(H,23,27). The molecule has 2 saturated heterocycles. The molecule has 0 aliphatic carbocycles. The molecule has 1 aromatic carbocycles. The van der Waals surface area contributed by atoms with E-state index in [4.69, 9.17) is 0 Å². The van der Waals surface area contributed by atoms with Gasteiger partial charge in [0.25, 0.3) is 5.91 Å². The average molecular weight is 399 g/mol. The van der Waals surface area contributed by atoms with E-state index in [-0.39, 0.29) is 17.7 Å². The second-order valence-corrected chi connectivity index (χ2v) is 7.63. The summed E-state index contributed by atoms with van der Waals surface area (Å²) in [6.45, 7) is 8.93. The minimum absolute atomic E-state index is 0.0133. The zero-order chi connectivity index (χ0) is 20.6. The third kappa shape index (κ3) is 5.90. The summed E-state index contributed by atoms with van der Waals surface area (Å²) in [5.41, 5.74) is 1.57. The largest absolute Gasteiger partial charge is 0.348 e. The van der Waals surface area contributed by atoms with Crippen molar-refractivity contribution in [3.8, 4) is 0 Å². The number of carbonyl (C=O) groups excluding carboxylic acids is 3. The molecule has 0 radical (unpaired) electrons. The number of benzene rings is 1. The topological polar surface area (TPSA) is 73.0 Å². The molecule has 0 unspecified atom stereocenters. The van der Waals surface area contributed by atoms with E-state index in [2.05, 4.69) is 16.8 Å². The zero-order valence-corrected chi connectivity index (χ0v) is 16.9. The lowest BCUT2D eigenvalue weighted by molar-refractivity contribution is -0.131. The molecule has 0 aromatic heterocycles. The lowest BCUT2D eigenvalue weighted by Gasteiger charge is -2.24. The molecule has 1 aromatic rings. The van der Waals surface area contributed by atoms with Crippen molar-refractivity contribution in [2.45, 2.75) is 25.8 Å². The molecule has 7 nitrogen and oxygen atoms in total. The molecular weight excluding hydrogens is 368 g/mol. The maximum atomic E-state index is 12.9. The Morgan fingerprint density at radius 1 is 0.897 bits per heavy atom. The van der Waals surface area contributed by atoms with Crippen LogP contribution in [-0.4, -0.2) is 78.2 Å². The second-order valence-electron chi connectivity index (χ2n) is 7.63. The molecule has 0 bridgehead atoms. The van der Waals surface area contributed by atoms with Gasteiger partial charge in [-0.15, -0.1) is 0 Å². The van der Waals surface area contributed by atoms with Crippen LogP contribution in [0.2, 0.25) is 0 Å². The Morgan fingerprint density at radius 3 is 2.28 bits per heavy atom. The fourth-order valence-electron chi connectivity index (χ4n) is 3.80. The van der Waals surface area contributed by atoms with Gasteiger partial charge in [-0.25, -0.2) is 0 Å². The molecule has 3 rings (SSSR count). The third-order valence-corrected chi connectivity index (χ3v) is 5.55. The summed E-state index contributed by atoms with van der Waals surface area (Å²) < 4.78 is 0. The zero-order valence-electron chi connectivity index (χ0n) is 16.9. The number of carbonyl (C=O) groups is 3. The summed E-state index contributed by atoms with van der Waals surface area (Å²) in [6, 6.07) is 7.32. The molecule has 2 fully saturated rings. The highest BCUT2D eigenvalue weighted by Gasteiger charge is 2.24. The fourth-order valence-corrected chi connectivity index (χ4v) is 3.80. The van der Waals surface area contributed by atoms with Crippen LogP contribution in [0.3, 0.4) is 0 Å². The first kappa shape index (κ1) is 21.0.